The molecule has 1 saturated heterocycles. The maximum absolute atomic E-state index is 12.3. The van der Waals surface area contributed by atoms with Gasteiger partial charge in [0, 0.05) is 24.8 Å². The molecule has 0 atom stereocenters. The molecular formula is C19H18N2O2. The van der Waals surface area contributed by atoms with Crippen molar-refractivity contribution in [3.63, 3.8) is 0 Å². The molecule has 0 aromatic heterocycles. The number of nitrogens with zero attached hydrogens (tertiary/aromatic N) is 1. The summed E-state index contributed by atoms with van der Waals surface area (Å²) in [6.07, 6.45) is 1.73. The molecule has 0 radical (unpaired) electrons. The lowest BCUT2D eigenvalue weighted by molar-refractivity contribution is 0.0696. The van der Waals surface area contributed by atoms with Gasteiger partial charge in [-0.25, -0.2) is 0 Å². The smallest absolute Gasteiger partial charge is 0.251 e. The van der Waals surface area contributed by atoms with Crippen LogP contribution in [0.15, 0.2) is 48.5 Å². The number of ether oxygens (including phenoxy) is 1. The van der Waals surface area contributed by atoms with Crippen LogP contribution in [0.3, 0.4) is 0 Å². The highest BCUT2D eigenvalue weighted by Crippen LogP contribution is 2.21. The molecule has 1 aliphatic rings. The summed E-state index contributed by atoms with van der Waals surface area (Å²) >= 11 is 0. The topological polar surface area (TPSA) is 62.1 Å². The molecule has 0 unspecified atom stereocenters. The second kappa shape index (κ2) is 7.08. The van der Waals surface area contributed by atoms with E-state index in [9.17, 15) is 4.79 Å². The number of hydrogen-bond donors (Lipinski definition) is 1. The van der Waals surface area contributed by atoms with Crippen LogP contribution in [0.25, 0.3) is 11.1 Å². The molecular weight excluding hydrogens is 288 g/mol. The van der Waals surface area contributed by atoms with Crippen LogP contribution in [-0.2, 0) is 4.74 Å². The van der Waals surface area contributed by atoms with E-state index in [1.807, 2.05) is 42.5 Å². The summed E-state index contributed by atoms with van der Waals surface area (Å²) in [5.74, 6) is -0.0470. The molecule has 1 heterocycles. The van der Waals surface area contributed by atoms with Crippen molar-refractivity contribution in [1.82, 2.24) is 5.32 Å². The molecule has 0 spiro atoms. The Bertz CT molecular complexity index is 726. The number of benzene rings is 2. The summed E-state index contributed by atoms with van der Waals surface area (Å²) in [5, 5.41) is 12.0. The van der Waals surface area contributed by atoms with Gasteiger partial charge in [-0.3, -0.25) is 4.79 Å². The maximum Gasteiger partial charge on any atom is 0.251 e. The van der Waals surface area contributed by atoms with Crippen LogP contribution in [0.4, 0.5) is 0 Å². The minimum Gasteiger partial charge on any atom is -0.381 e. The Morgan fingerprint density at radius 3 is 2.52 bits per heavy atom. The second-order valence-corrected chi connectivity index (χ2v) is 5.63. The van der Waals surface area contributed by atoms with Crippen molar-refractivity contribution in [2.24, 2.45) is 0 Å². The Kier molecular flexibility index (Phi) is 4.70. The van der Waals surface area contributed by atoms with Gasteiger partial charge in [0.05, 0.1) is 11.6 Å². The second-order valence-electron chi connectivity index (χ2n) is 5.63. The SMILES string of the molecule is N#Cc1cccc(-c2ccc(C(=O)NC3CCOCC3)cc2)c1. The highest BCUT2D eigenvalue weighted by atomic mass is 16.5. The van der Waals surface area contributed by atoms with E-state index in [2.05, 4.69) is 11.4 Å². The molecule has 2 aromatic rings. The minimum atomic E-state index is -0.0470. The van der Waals surface area contributed by atoms with Crippen molar-refractivity contribution in [2.45, 2.75) is 18.9 Å². The third-order valence-corrected chi connectivity index (χ3v) is 4.03. The first kappa shape index (κ1) is 15.3. The average Bonchev–Trinajstić information content (AvgIpc) is 2.63. The van der Waals surface area contributed by atoms with Crippen LogP contribution in [0.2, 0.25) is 0 Å². The molecule has 1 fully saturated rings. The Morgan fingerprint density at radius 1 is 1.09 bits per heavy atom. The van der Waals surface area contributed by atoms with E-state index in [0.717, 1.165) is 24.0 Å². The zero-order valence-corrected chi connectivity index (χ0v) is 12.8. The van der Waals surface area contributed by atoms with Crippen LogP contribution in [0.1, 0.15) is 28.8 Å². The Labute approximate surface area is 135 Å². The lowest BCUT2D eigenvalue weighted by Gasteiger charge is -2.23. The van der Waals surface area contributed by atoms with E-state index in [1.54, 1.807) is 6.07 Å². The number of amides is 1. The zero-order chi connectivity index (χ0) is 16.1. The average molecular weight is 306 g/mol. The highest BCUT2D eigenvalue weighted by molar-refractivity contribution is 5.94. The standard InChI is InChI=1S/C19H18N2O2/c20-13-14-2-1-3-17(12-14)15-4-6-16(7-5-15)19(22)21-18-8-10-23-11-9-18/h1-7,12,18H,8-11H2,(H,21,22). The van der Waals surface area contributed by atoms with Gasteiger partial charge in [0.1, 0.15) is 0 Å². The lowest BCUT2D eigenvalue weighted by Crippen LogP contribution is -2.38. The van der Waals surface area contributed by atoms with Gasteiger partial charge in [-0.15, -0.1) is 0 Å². The molecule has 0 bridgehead atoms. The van der Waals surface area contributed by atoms with E-state index < -0.39 is 0 Å². The van der Waals surface area contributed by atoms with Crippen LogP contribution in [-0.4, -0.2) is 25.2 Å². The number of carbonyl (C=O) groups is 1. The van der Waals surface area contributed by atoms with E-state index in [-0.39, 0.29) is 11.9 Å². The third kappa shape index (κ3) is 3.77. The van der Waals surface area contributed by atoms with Crippen molar-refractivity contribution in [1.29, 1.82) is 5.26 Å². The normalized spacial score (nSPS) is 14.9. The van der Waals surface area contributed by atoms with Crippen LogP contribution < -0.4 is 5.32 Å². The van der Waals surface area contributed by atoms with E-state index in [1.165, 1.54) is 0 Å². The van der Waals surface area contributed by atoms with Gasteiger partial charge in [0.25, 0.3) is 5.91 Å². The van der Waals surface area contributed by atoms with Crippen LogP contribution >= 0.6 is 0 Å². The number of nitrogens with one attached hydrogen (secondary N) is 1. The van der Waals surface area contributed by atoms with Gasteiger partial charge >= 0.3 is 0 Å². The van der Waals surface area contributed by atoms with Gasteiger partial charge in [-0.2, -0.15) is 5.26 Å². The summed E-state index contributed by atoms with van der Waals surface area (Å²) in [5.41, 5.74) is 3.24. The quantitative estimate of drug-likeness (QED) is 0.947. The fourth-order valence-corrected chi connectivity index (χ4v) is 2.69. The summed E-state index contributed by atoms with van der Waals surface area (Å²) in [4.78, 5) is 12.3. The Morgan fingerprint density at radius 2 is 1.83 bits per heavy atom. The molecule has 116 valence electrons. The fourth-order valence-electron chi connectivity index (χ4n) is 2.69. The summed E-state index contributed by atoms with van der Waals surface area (Å²) in [7, 11) is 0. The van der Waals surface area contributed by atoms with Gasteiger partial charge in [-0.1, -0.05) is 24.3 Å². The molecule has 0 aliphatic carbocycles. The monoisotopic (exact) mass is 306 g/mol. The van der Waals surface area contributed by atoms with Crippen molar-refractivity contribution >= 4 is 5.91 Å². The van der Waals surface area contributed by atoms with Crippen LogP contribution in [0.5, 0.6) is 0 Å². The molecule has 0 saturated carbocycles. The summed E-state index contributed by atoms with van der Waals surface area (Å²) in [6, 6.07) is 17.2. The largest absolute Gasteiger partial charge is 0.381 e. The van der Waals surface area contributed by atoms with Gasteiger partial charge in [-0.05, 0) is 48.2 Å². The predicted octanol–water partition coefficient (Wildman–Crippen LogP) is 3.13. The highest BCUT2D eigenvalue weighted by Gasteiger charge is 2.16. The van der Waals surface area contributed by atoms with Gasteiger partial charge in [0.2, 0.25) is 0 Å². The first-order chi connectivity index (χ1) is 11.3. The summed E-state index contributed by atoms with van der Waals surface area (Å²) in [6.45, 7) is 1.41. The fraction of sp³-hybridized carbons (Fsp3) is 0.263. The first-order valence-electron chi connectivity index (χ1n) is 7.75. The Hall–Kier alpha value is -2.64. The lowest BCUT2D eigenvalue weighted by atomic mass is 10.0. The maximum atomic E-state index is 12.3. The zero-order valence-electron chi connectivity index (χ0n) is 12.8. The van der Waals surface area contributed by atoms with Crippen molar-refractivity contribution in [3.8, 4) is 17.2 Å². The van der Waals surface area contributed by atoms with Crippen molar-refractivity contribution in [2.75, 3.05) is 13.2 Å². The molecule has 23 heavy (non-hydrogen) atoms. The van der Waals surface area contributed by atoms with E-state index in [0.29, 0.717) is 24.3 Å². The molecule has 4 heteroatoms. The molecule has 1 aliphatic heterocycles. The summed E-state index contributed by atoms with van der Waals surface area (Å²) < 4.78 is 5.30. The third-order valence-electron chi connectivity index (χ3n) is 4.03. The van der Waals surface area contributed by atoms with E-state index in [4.69, 9.17) is 10.00 Å². The molecule has 1 amide bonds. The van der Waals surface area contributed by atoms with Crippen molar-refractivity contribution < 1.29 is 9.53 Å². The first-order valence-corrected chi connectivity index (χ1v) is 7.75. The van der Waals surface area contributed by atoms with Crippen LogP contribution in [0, 0.1) is 11.3 Å². The Balaban J connectivity index is 1.71. The van der Waals surface area contributed by atoms with Gasteiger partial charge < -0.3 is 10.1 Å². The number of hydrogen-bond acceptors (Lipinski definition) is 3. The molecule has 3 rings (SSSR count). The molecule has 2 aromatic carbocycles. The van der Waals surface area contributed by atoms with Crippen molar-refractivity contribution in [3.05, 3.63) is 59.7 Å². The minimum absolute atomic E-state index is 0.0470. The molecule has 4 nitrogen and oxygen atoms in total. The van der Waals surface area contributed by atoms with E-state index >= 15 is 0 Å². The molecule has 1 N–H and O–H groups in total. The van der Waals surface area contributed by atoms with Gasteiger partial charge in [0.15, 0.2) is 0 Å². The number of rotatable bonds is 3. The number of nitriles is 1. The number of carbonyl (C=O) groups excluding carboxylic acids is 1. The predicted molar refractivity (Wildman–Crippen MR) is 87.9 cm³/mol.